The van der Waals surface area contributed by atoms with Crippen molar-refractivity contribution in [2.75, 3.05) is 10.0 Å². The van der Waals surface area contributed by atoms with Crippen molar-refractivity contribution < 1.29 is 83.5 Å². The molecule has 0 aliphatic carbocycles. The highest BCUT2D eigenvalue weighted by Crippen LogP contribution is 2.62. The number of anilines is 2. The summed E-state index contributed by atoms with van der Waals surface area (Å²) in [6, 6.07) is 3.03. The summed E-state index contributed by atoms with van der Waals surface area (Å²) >= 11 is 0. The molecule has 0 saturated heterocycles. The third-order valence-electron chi connectivity index (χ3n) is 5.58. The number of rotatable bonds is 12. The fraction of sp³-hybridized carbons (Fsp3) is 0.476. The van der Waals surface area contributed by atoms with Gasteiger partial charge in [0.05, 0.1) is 4.90 Å². The summed E-state index contributed by atoms with van der Waals surface area (Å²) < 4.78 is 242. The summed E-state index contributed by atoms with van der Waals surface area (Å²) in [5.41, 5.74) is -0.577. The molecule has 0 saturated carbocycles. The van der Waals surface area contributed by atoms with Crippen molar-refractivity contribution in [2.24, 2.45) is 0 Å². The van der Waals surface area contributed by atoms with Gasteiger partial charge in [0.25, 0.3) is 10.0 Å². The van der Waals surface area contributed by atoms with E-state index in [0.29, 0.717) is 35.7 Å². The van der Waals surface area contributed by atoms with E-state index in [-0.39, 0.29) is 0 Å². The van der Waals surface area contributed by atoms with Crippen LogP contribution in [0.5, 0.6) is 0 Å². The van der Waals surface area contributed by atoms with Gasteiger partial charge in [0.1, 0.15) is 0 Å². The third kappa shape index (κ3) is 6.03. The minimum Gasteiger partial charge on any atom is -0.321 e. The van der Waals surface area contributed by atoms with E-state index in [2.05, 4.69) is 9.97 Å². The largest absolute Gasteiger partial charge is 0.393 e. The molecule has 254 valence electrons. The first-order valence-electron chi connectivity index (χ1n) is 11.1. The van der Waals surface area contributed by atoms with E-state index < -0.39 is 80.3 Å². The molecule has 1 aromatic heterocycles. The molecular weight excluding hydrogens is 692 g/mol. The first kappa shape index (κ1) is 37.6. The van der Waals surface area contributed by atoms with Crippen molar-refractivity contribution in [3.63, 3.8) is 0 Å². The second kappa shape index (κ2) is 11.3. The topological polar surface area (TPSA) is 101 Å². The van der Waals surface area contributed by atoms with Crippen molar-refractivity contribution in [1.29, 1.82) is 0 Å². The van der Waals surface area contributed by atoms with Crippen LogP contribution in [0.25, 0.3) is 0 Å². The number of nitrogens with one attached hydrogen (secondary N) is 2. The van der Waals surface area contributed by atoms with E-state index in [0.717, 1.165) is 5.32 Å². The Labute approximate surface area is 240 Å². The molecule has 0 aliphatic heterocycles. The van der Waals surface area contributed by atoms with Gasteiger partial charge in [-0.2, -0.15) is 61.5 Å². The Bertz CT molecular complexity index is 1510. The second-order valence-corrected chi connectivity index (χ2v) is 10.6. The van der Waals surface area contributed by atoms with Crippen molar-refractivity contribution in [1.82, 2.24) is 9.97 Å². The molecule has 0 unspecified atom stereocenters. The Morgan fingerprint density at radius 2 is 1.09 bits per heavy atom. The van der Waals surface area contributed by atoms with Crippen LogP contribution in [0.4, 0.5) is 81.9 Å². The van der Waals surface area contributed by atoms with Crippen LogP contribution >= 0.6 is 0 Å². The summed E-state index contributed by atoms with van der Waals surface area (Å²) in [7, 11) is -4.59. The van der Waals surface area contributed by atoms with Crippen LogP contribution in [-0.4, -0.2) is 72.2 Å². The number of carbonyl (C=O) groups excluding carboxylic acids is 1. The number of aromatic nitrogens is 2. The van der Waals surface area contributed by atoms with Gasteiger partial charge in [-0.1, -0.05) is 0 Å². The van der Waals surface area contributed by atoms with Gasteiger partial charge in [-0.25, -0.2) is 31.9 Å². The van der Waals surface area contributed by atoms with E-state index in [1.165, 1.54) is 19.9 Å². The van der Waals surface area contributed by atoms with Crippen LogP contribution in [0.15, 0.2) is 35.2 Å². The van der Waals surface area contributed by atoms with Gasteiger partial charge in [-0.3, -0.25) is 4.79 Å². The molecule has 0 spiro atoms. The predicted octanol–water partition coefficient (Wildman–Crippen LogP) is 6.54. The Kier molecular flexibility index (Phi) is 9.46. The molecule has 0 atom stereocenters. The minimum absolute atomic E-state index is 0.294. The molecule has 2 N–H and O–H groups in total. The lowest BCUT2D eigenvalue weighted by molar-refractivity contribution is -0.443. The lowest BCUT2D eigenvalue weighted by atomic mass is 9.89. The van der Waals surface area contributed by atoms with E-state index in [1.807, 2.05) is 4.72 Å². The Hall–Kier alpha value is -3.60. The van der Waals surface area contributed by atoms with Gasteiger partial charge < -0.3 is 5.32 Å². The van der Waals surface area contributed by atoms with Gasteiger partial charge >= 0.3 is 53.8 Å². The maximum Gasteiger partial charge on any atom is 0.393 e. The van der Waals surface area contributed by atoms with Gasteiger partial charge in [0.2, 0.25) is 5.95 Å². The molecule has 1 amide bonds. The highest BCUT2D eigenvalue weighted by molar-refractivity contribution is 7.92. The molecule has 1 heterocycles. The lowest BCUT2D eigenvalue weighted by Gasteiger charge is -2.42. The number of benzene rings is 1. The van der Waals surface area contributed by atoms with Crippen LogP contribution in [0.2, 0.25) is 0 Å². The van der Waals surface area contributed by atoms with Crippen LogP contribution in [-0.2, 0) is 14.8 Å². The number of nitrogens with zero attached hydrogens (tertiary/aromatic N) is 2. The molecular formula is C21H14F16N4O3S. The summed E-state index contributed by atoms with van der Waals surface area (Å²) in [5.74, 6) is -61.2. The molecule has 0 bridgehead atoms. The fourth-order valence-corrected chi connectivity index (χ4v) is 4.10. The van der Waals surface area contributed by atoms with Gasteiger partial charge in [-0.05, 0) is 44.2 Å². The zero-order chi connectivity index (χ0) is 35.4. The zero-order valence-electron chi connectivity index (χ0n) is 21.5. The molecule has 2 rings (SSSR count). The average Bonchev–Trinajstić information content (AvgIpc) is 2.87. The van der Waals surface area contributed by atoms with Gasteiger partial charge in [-0.15, -0.1) is 0 Å². The zero-order valence-corrected chi connectivity index (χ0v) is 22.4. The number of aryl methyl sites for hydroxylation is 2. The summed E-state index contributed by atoms with van der Waals surface area (Å²) in [5, 5.41) is 0.721. The summed E-state index contributed by atoms with van der Waals surface area (Å²) in [6.45, 7) is 2.90. The predicted molar refractivity (Wildman–Crippen MR) is 118 cm³/mol. The molecule has 0 radical (unpaired) electrons. The summed E-state index contributed by atoms with van der Waals surface area (Å²) in [4.78, 5) is 18.4. The highest BCUT2D eigenvalue weighted by Gasteiger charge is 2.94. The number of halogens is 16. The molecule has 1 aromatic carbocycles. The smallest absolute Gasteiger partial charge is 0.321 e. The van der Waals surface area contributed by atoms with Crippen molar-refractivity contribution in [3.05, 3.63) is 41.7 Å². The monoisotopic (exact) mass is 706 g/mol. The molecule has 0 fully saturated rings. The lowest BCUT2D eigenvalue weighted by Crippen LogP contribution is -2.74. The van der Waals surface area contributed by atoms with E-state index in [9.17, 15) is 83.5 Å². The highest BCUT2D eigenvalue weighted by atomic mass is 32.2. The Morgan fingerprint density at radius 3 is 1.51 bits per heavy atom. The molecule has 7 nitrogen and oxygen atoms in total. The maximum absolute atomic E-state index is 14.1. The quantitative estimate of drug-likeness (QED) is 0.244. The van der Waals surface area contributed by atoms with E-state index in [4.69, 9.17) is 0 Å². The van der Waals surface area contributed by atoms with Crippen LogP contribution in [0, 0.1) is 13.8 Å². The van der Waals surface area contributed by atoms with Crippen LogP contribution in [0.1, 0.15) is 11.4 Å². The van der Waals surface area contributed by atoms with Crippen molar-refractivity contribution in [2.45, 2.75) is 66.6 Å². The van der Waals surface area contributed by atoms with Crippen molar-refractivity contribution >= 4 is 27.6 Å². The molecule has 2 aromatic rings. The van der Waals surface area contributed by atoms with Crippen LogP contribution in [0.3, 0.4) is 0 Å². The third-order valence-corrected chi connectivity index (χ3v) is 6.92. The maximum atomic E-state index is 14.1. The van der Waals surface area contributed by atoms with E-state index in [1.54, 1.807) is 0 Å². The SMILES string of the molecule is Cc1cc(C)nc(NS(=O)(=O)c2ccc(NC(=O)C(F)(F)C(F)(F)C(F)(F)C(F)(F)C(F)(F)C(F)(F)C(F)(F)C(F)F)cc2)n1. The normalized spacial score (nSPS) is 14.5. The Morgan fingerprint density at radius 1 is 0.689 bits per heavy atom. The number of amides is 1. The van der Waals surface area contributed by atoms with Crippen molar-refractivity contribution in [3.8, 4) is 0 Å². The van der Waals surface area contributed by atoms with Crippen LogP contribution < -0.4 is 10.0 Å². The molecule has 0 aliphatic rings. The standard InChI is InChI=1S/C21H14F16N4O3S/c1-8-7-9(2)39-14(38-8)41-45(43,44)11-5-3-10(4-6-11)40-13(42)16(26,27)18(30,31)20(34,35)21(36,37)19(32,33)17(28,29)15(24,25)12(22)23/h3-7,12H,1-2H3,(H,40,42)(H,38,39,41). The minimum atomic E-state index is -8.66. The fourth-order valence-electron chi connectivity index (χ4n) is 3.16. The average molecular weight is 706 g/mol. The number of hydrogen-bond acceptors (Lipinski definition) is 5. The Balaban J connectivity index is 2.39. The second-order valence-electron chi connectivity index (χ2n) is 8.93. The molecule has 24 heteroatoms. The number of sulfonamides is 1. The number of alkyl halides is 16. The molecule has 45 heavy (non-hydrogen) atoms. The first-order valence-corrected chi connectivity index (χ1v) is 12.6. The van der Waals surface area contributed by atoms with Gasteiger partial charge in [0, 0.05) is 17.1 Å². The number of hydrogen-bond donors (Lipinski definition) is 2. The van der Waals surface area contributed by atoms with E-state index >= 15 is 0 Å². The summed E-state index contributed by atoms with van der Waals surface area (Å²) in [6.07, 6.45) is -5.98. The first-order chi connectivity index (χ1) is 19.9. The van der Waals surface area contributed by atoms with Gasteiger partial charge in [0.15, 0.2) is 0 Å². The number of carbonyl (C=O) groups is 1.